The molecular formula is C15H19N5O. The zero-order valence-electron chi connectivity index (χ0n) is 12.6. The number of carbonyl (C=O) groups excluding carboxylic acids is 1. The predicted molar refractivity (Wildman–Crippen MR) is 84.2 cm³/mol. The minimum atomic E-state index is -0.127. The number of anilines is 3. The largest absolute Gasteiger partial charge is 0.362 e. The number of amides is 1. The average molecular weight is 285 g/mol. The van der Waals surface area contributed by atoms with E-state index in [4.69, 9.17) is 0 Å². The summed E-state index contributed by atoms with van der Waals surface area (Å²) in [6, 6.07) is 7.20. The van der Waals surface area contributed by atoms with E-state index in [2.05, 4.69) is 20.6 Å². The van der Waals surface area contributed by atoms with Crippen molar-refractivity contribution in [2.45, 2.75) is 6.92 Å². The maximum absolute atomic E-state index is 11.6. The Morgan fingerprint density at radius 1 is 1.29 bits per heavy atom. The summed E-state index contributed by atoms with van der Waals surface area (Å²) in [5, 5.41) is 5.72. The van der Waals surface area contributed by atoms with Gasteiger partial charge >= 0.3 is 0 Å². The van der Waals surface area contributed by atoms with Crippen LogP contribution in [0.1, 0.15) is 15.9 Å². The Bertz CT molecular complexity index is 654. The normalized spacial score (nSPS) is 10.1. The molecule has 1 aromatic heterocycles. The van der Waals surface area contributed by atoms with Crippen LogP contribution in [-0.2, 0) is 0 Å². The number of nitrogens with one attached hydrogen (secondary N) is 2. The monoisotopic (exact) mass is 285 g/mol. The second-order valence-corrected chi connectivity index (χ2v) is 4.88. The summed E-state index contributed by atoms with van der Waals surface area (Å²) in [7, 11) is 5.48. The van der Waals surface area contributed by atoms with Gasteiger partial charge in [0.1, 0.15) is 5.82 Å². The van der Waals surface area contributed by atoms with Gasteiger partial charge in [-0.05, 0) is 25.1 Å². The van der Waals surface area contributed by atoms with Gasteiger partial charge in [0.05, 0.1) is 0 Å². The Balaban J connectivity index is 2.26. The third-order valence-corrected chi connectivity index (χ3v) is 2.98. The molecule has 21 heavy (non-hydrogen) atoms. The lowest BCUT2D eigenvalue weighted by Crippen LogP contribution is -2.17. The van der Waals surface area contributed by atoms with Crippen LogP contribution in [0.25, 0.3) is 0 Å². The molecule has 110 valence electrons. The Morgan fingerprint density at radius 2 is 2.05 bits per heavy atom. The van der Waals surface area contributed by atoms with Crippen molar-refractivity contribution >= 4 is 23.4 Å². The maximum Gasteiger partial charge on any atom is 0.251 e. The van der Waals surface area contributed by atoms with Gasteiger partial charge < -0.3 is 15.5 Å². The average Bonchev–Trinajstić information content (AvgIpc) is 2.48. The van der Waals surface area contributed by atoms with Crippen molar-refractivity contribution in [2.24, 2.45) is 0 Å². The summed E-state index contributed by atoms with van der Waals surface area (Å²) in [5.74, 6) is 1.23. The van der Waals surface area contributed by atoms with Gasteiger partial charge in [-0.2, -0.15) is 4.98 Å². The summed E-state index contributed by atoms with van der Waals surface area (Å²) in [4.78, 5) is 22.3. The lowest BCUT2D eigenvalue weighted by molar-refractivity contribution is 0.0963. The lowest BCUT2D eigenvalue weighted by atomic mass is 10.2. The fourth-order valence-corrected chi connectivity index (χ4v) is 1.96. The summed E-state index contributed by atoms with van der Waals surface area (Å²) >= 11 is 0. The van der Waals surface area contributed by atoms with Crippen molar-refractivity contribution in [1.82, 2.24) is 15.3 Å². The molecule has 1 heterocycles. The van der Waals surface area contributed by atoms with Crippen LogP contribution in [0.4, 0.5) is 17.5 Å². The standard InChI is InChI=1S/C15H19N5O/c1-10-9-17-15(19-13(10)20(3)4)18-12-7-5-6-11(8-12)14(21)16-2/h5-9H,1-4H3,(H,16,21)(H,17,18,19). The number of aromatic nitrogens is 2. The summed E-state index contributed by atoms with van der Waals surface area (Å²) in [5.41, 5.74) is 2.36. The molecule has 6 nitrogen and oxygen atoms in total. The van der Waals surface area contributed by atoms with Gasteiger partial charge in [-0.1, -0.05) is 6.07 Å². The van der Waals surface area contributed by atoms with Gasteiger partial charge in [-0.15, -0.1) is 0 Å². The molecule has 0 radical (unpaired) electrons. The first-order chi connectivity index (χ1) is 10.0. The molecule has 0 atom stereocenters. The summed E-state index contributed by atoms with van der Waals surface area (Å²) < 4.78 is 0. The number of nitrogens with zero attached hydrogens (tertiary/aromatic N) is 3. The fraction of sp³-hybridized carbons (Fsp3) is 0.267. The number of hydrogen-bond donors (Lipinski definition) is 2. The van der Waals surface area contributed by atoms with Crippen LogP contribution in [0.5, 0.6) is 0 Å². The number of carbonyl (C=O) groups is 1. The smallest absolute Gasteiger partial charge is 0.251 e. The van der Waals surface area contributed by atoms with E-state index < -0.39 is 0 Å². The quantitative estimate of drug-likeness (QED) is 0.898. The summed E-state index contributed by atoms with van der Waals surface area (Å²) in [6.07, 6.45) is 1.77. The molecule has 0 aliphatic carbocycles. The van der Waals surface area contributed by atoms with E-state index in [1.54, 1.807) is 25.4 Å². The van der Waals surface area contributed by atoms with Crippen LogP contribution in [0.3, 0.4) is 0 Å². The van der Waals surface area contributed by atoms with Crippen LogP contribution in [-0.4, -0.2) is 37.0 Å². The number of aryl methyl sites for hydroxylation is 1. The SMILES string of the molecule is CNC(=O)c1cccc(Nc2ncc(C)c(N(C)C)n2)c1. The fourth-order valence-electron chi connectivity index (χ4n) is 1.96. The minimum Gasteiger partial charge on any atom is -0.362 e. The Hall–Kier alpha value is -2.63. The molecule has 0 spiro atoms. The van der Waals surface area contributed by atoms with Crippen molar-refractivity contribution in [3.05, 3.63) is 41.6 Å². The lowest BCUT2D eigenvalue weighted by Gasteiger charge is -2.15. The van der Waals surface area contributed by atoms with Crippen molar-refractivity contribution < 1.29 is 4.79 Å². The third kappa shape index (κ3) is 3.47. The van der Waals surface area contributed by atoms with Gasteiger partial charge in [0, 0.05) is 44.2 Å². The highest BCUT2D eigenvalue weighted by atomic mass is 16.1. The van der Waals surface area contributed by atoms with E-state index in [0.29, 0.717) is 11.5 Å². The second kappa shape index (κ2) is 6.21. The zero-order chi connectivity index (χ0) is 15.4. The van der Waals surface area contributed by atoms with Crippen molar-refractivity contribution in [2.75, 3.05) is 31.4 Å². The van der Waals surface area contributed by atoms with E-state index in [1.807, 2.05) is 38.1 Å². The van der Waals surface area contributed by atoms with Gasteiger partial charge in [-0.3, -0.25) is 4.79 Å². The van der Waals surface area contributed by atoms with Crippen LogP contribution in [0.2, 0.25) is 0 Å². The van der Waals surface area contributed by atoms with Crippen LogP contribution in [0, 0.1) is 6.92 Å². The predicted octanol–water partition coefficient (Wildman–Crippen LogP) is 1.95. The number of hydrogen-bond acceptors (Lipinski definition) is 5. The number of benzene rings is 1. The maximum atomic E-state index is 11.6. The van der Waals surface area contributed by atoms with Gasteiger partial charge in [0.25, 0.3) is 5.91 Å². The molecule has 0 bridgehead atoms. The van der Waals surface area contributed by atoms with Gasteiger partial charge in [-0.25, -0.2) is 4.98 Å². The van der Waals surface area contributed by atoms with E-state index >= 15 is 0 Å². The molecule has 0 saturated carbocycles. The Kier molecular flexibility index (Phi) is 4.37. The van der Waals surface area contributed by atoms with Crippen LogP contribution >= 0.6 is 0 Å². The summed E-state index contributed by atoms with van der Waals surface area (Å²) in [6.45, 7) is 1.96. The van der Waals surface area contributed by atoms with Gasteiger partial charge in [0.15, 0.2) is 0 Å². The van der Waals surface area contributed by atoms with E-state index in [0.717, 1.165) is 17.1 Å². The molecule has 2 rings (SSSR count). The Labute approximate surface area is 124 Å². The third-order valence-electron chi connectivity index (χ3n) is 2.98. The highest BCUT2D eigenvalue weighted by Gasteiger charge is 2.07. The van der Waals surface area contributed by atoms with Crippen LogP contribution in [0.15, 0.2) is 30.5 Å². The highest BCUT2D eigenvalue weighted by Crippen LogP contribution is 2.19. The van der Waals surface area contributed by atoms with E-state index in [-0.39, 0.29) is 5.91 Å². The first kappa shape index (κ1) is 14.8. The first-order valence-electron chi connectivity index (χ1n) is 6.61. The minimum absolute atomic E-state index is 0.127. The van der Waals surface area contributed by atoms with E-state index in [9.17, 15) is 4.79 Å². The second-order valence-electron chi connectivity index (χ2n) is 4.88. The number of rotatable bonds is 4. The Morgan fingerprint density at radius 3 is 2.71 bits per heavy atom. The molecule has 6 heteroatoms. The van der Waals surface area contributed by atoms with Gasteiger partial charge in [0.2, 0.25) is 5.95 Å². The van der Waals surface area contributed by atoms with Crippen molar-refractivity contribution in [1.29, 1.82) is 0 Å². The first-order valence-corrected chi connectivity index (χ1v) is 6.61. The molecule has 1 aromatic carbocycles. The molecule has 0 unspecified atom stereocenters. The van der Waals surface area contributed by atoms with Crippen LogP contribution < -0.4 is 15.5 Å². The molecule has 0 aliphatic heterocycles. The molecule has 2 N–H and O–H groups in total. The highest BCUT2D eigenvalue weighted by molar-refractivity contribution is 5.95. The van der Waals surface area contributed by atoms with E-state index in [1.165, 1.54) is 0 Å². The molecule has 0 fully saturated rings. The zero-order valence-corrected chi connectivity index (χ0v) is 12.6. The molecule has 1 amide bonds. The molecular weight excluding hydrogens is 266 g/mol. The molecule has 2 aromatic rings. The van der Waals surface area contributed by atoms with Crippen molar-refractivity contribution in [3.63, 3.8) is 0 Å². The molecule has 0 saturated heterocycles. The topological polar surface area (TPSA) is 70.2 Å². The van der Waals surface area contributed by atoms with Crippen molar-refractivity contribution in [3.8, 4) is 0 Å². The molecule has 0 aliphatic rings.